The molecule has 4 rings (SSSR count). The van der Waals surface area contributed by atoms with Gasteiger partial charge in [0.15, 0.2) is 12.4 Å². The highest BCUT2D eigenvalue weighted by Gasteiger charge is 2.21. The van der Waals surface area contributed by atoms with Gasteiger partial charge in [0, 0.05) is 21.5 Å². The van der Waals surface area contributed by atoms with Crippen molar-refractivity contribution < 1.29 is 18.7 Å². The Balaban J connectivity index is 1.70. The Hall–Kier alpha value is -3.57. The summed E-state index contributed by atoms with van der Waals surface area (Å²) in [7, 11) is 0. The highest BCUT2D eigenvalue weighted by atomic mass is 35.5. The summed E-state index contributed by atoms with van der Waals surface area (Å²) in [6.07, 6.45) is 0. The molecule has 1 heterocycles. The van der Waals surface area contributed by atoms with Gasteiger partial charge in [0.1, 0.15) is 5.82 Å². The predicted octanol–water partition coefficient (Wildman–Crippen LogP) is 6.04. The highest BCUT2D eigenvalue weighted by Crippen LogP contribution is 2.31. The van der Waals surface area contributed by atoms with Gasteiger partial charge in [0.05, 0.1) is 16.8 Å². The van der Waals surface area contributed by atoms with Gasteiger partial charge in [0.25, 0.3) is 0 Å². The van der Waals surface area contributed by atoms with Crippen molar-refractivity contribution in [3.63, 3.8) is 0 Å². The third-order valence-electron chi connectivity index (χ3n) is 4.94. The molecule has 0 bridgehead atoms. The summed E-state index contributed by atoms with van der Waals surface area (Å²) >= 11 is 6.14. The van der Waals surface area contributed by atoms with Gasteiger partial charge in [-0.15, -0.1) is 0 Å². The maximum Gasteiger partial charge on any atom is 0.339 e. The van der Waals surface area contributed by atoms with Crippen LogP contribution in [0.15, 0.2) is 72.8 Å². The molecule has 0 atom stereocenters. The summed E-state index contributed by atoms with van der Waals surface area (Å²) in [5.41, 5.74) is 3.24. The molecule has 154 valence electrons. The van der Waals surface area contributed by atoms with Crippen molar-refractivity contribution in [2.24, 2.45) is 0 Å². The van der Waals surface area contributed by atoms with Crippen LogP contribution in [-0.2, 0) is 4.74 Å². The molecule has 0 saturated heterocycles. The molecule has 6 heteroatoms. The second kappa shape index (κ2) is 8.66. The molecule has 0 aliphatic rings. The van der Waals surface area contributed by atoms with E-state index in [1.807, 2.05) is 30.3 Å². The van der Waals surface area contributed by atoms with Gasteiger partial charge in [0.2, 0.25) is 0 Å². The first-order chi connectivity index (χ1) is 14.9. The quantitative estimate of drug-likeness (QED) is 0.284. The Bertz CT molecular complexity index is 1300. The van der Waals surface area contributed by atoms with E-state index in [0.29, 0.717) is 32.7 Å². The number of Topliss-reactive ketones (excluding diaryl/α,β-unsaturated/α-hetero) is 1. The van der Waals surface area contributed by atoms with Crippen LogP contribution >= 0.6 is 11.6 Å². The minimum Gasteiger partial charge on any atom is -0.454 e. The van der Waals surface area contributed by atoms with E-state index >= 15 is 0 Å². The molecule has 1 aromatic heterocycles. The predicted molar refractivity (Wildman–Crippen MR) is 118 cm³/mol. The number of hydrogen-bond donors (Lipinski definition) is 0. The first-order valence-electron chi connectivity index (χ1n) is 9.55. The maximum atomic E-state index is 13.1. The largest absolute Gasteiger partial charge is 0.454 e. The monoisotopic (exact) mass is 433 g/mol. The number of hydrogen-bond acceptors (Lipinski definition) is 4. The number of fused-ring (bicyclic) bond motifs is 1. The number of para-hydroxylation sites is 1. The van der Waals surface area contributed by atoms with Crippen LogP contribution in [0, 0.1) is 12.7 Å². The molecule has 31 heavy (non-hydrogen) atoms. The fourth-order valence-electron chi connectivity index (χ4n) is 3.41. The van der Waals surface area contributed by atoms with E-state index in [-0.39, 0.29) is 5.56 Å². The molecular formula is C25H17ClFNO3. The number of rotatable bonds is 5. The minimum atomic E-state index is -0.630. The summed E-state index contributed by atoms with van der Waals surface area (Å²) in [5.74, 6) is -1.49. The SMILES string of the molecule is Cc1c(-c2cccc(Cl)c2)nc2ccccc2c1C(=O)OCC(=O)c1ccc(F)cc1. The van der Waals surface area contributed by atoms with Crippen LogP contribution in [0.2, 0.25) is 5.02 Å². The number of esters is 1. The Morgan fingerprint density at radius 1 is 1.00 bits per heavy atom. The van der Waals surface area contributed by atoms with Crippen LogP contribution in [0.4, 0.5) is 4.39 Å². The van der Waals surface area contributed by atoms with Crippen molar-refractivity contribution in [1.82, 2.24) is 4.98 Å². The first kappa shape index (κ1) is 20.7. The van der Waals surface area contributed by atoms with E-state index in [2.05, 4.69) is 0 Å². The topological polar surface area (TPSA) is 56.3 Å². The maximum absolute atomic E-state index is 13.1. The number of halogens is 2. The number of aromatic nitrogens is 1. The second-order valence-corrected chi connectivity index (χ2v) is 7.43. The average Bonchev–Trinajstić information content (AvgIpc) is 2.77. The Kier molecular flexibility index (Phi) is 5.78. The molecule has 3 aromatic carbocycles. The molecule has 0 radical (unpaired) electrons. The second-order valence-electron chi connectivity index (χ2n) is 6.99. The number of ketones is 1. The number of nitrogens with zero attached hydrogens (tertiary/aromatic N) is 1. The highest BCUT2D eigenvalue weighted by molar-refractivity contribution is 6.30. The lowest BCUT2D eigenvalue weighted by Gasteiger charge is -2.14. The molecule has 0 fully saturated rings. The van der Waals surface area contributed by atoms with Crippen molar-refractivity contribution in [3.8, 4) is 11.3 Å². The van der Waals surface area contributed by atoms with E-state index in [4.69, 9.17) is 21.3 Å². The number of carbonyl (C=O) groups is 2. The number of pyridine rings is 1. The van der Waals surface area contributed by atoms with Crippen molar-refractivity contribution in [1.29, 1.82) is 0 Å². The first-order valence-corrected chi connectivity index (χ1v) is 9.93. The lowest BCUT2D eigenvalue weighted by molar-refractivity contribution is 0.0476. The van der Waals surface area contributed by atoms with Crippen LogP contribution in [-0.4, -0.2) is 23.3 Å². The summed E-state index contributed by atoms with van der Waals surface area (Å²) in [6.45, 7) is 1.33. The van der Waals surface area contributed by atoms with Gasteiger partial charge in [-0.25, -0.2) is 14.2 Å². The molecular weight excluding hydrogens is 417 g/mol. The summed E-state index contributed by atoms with van der Waals surface area (Å²) < 4.78 is 18.4. The average molecular weight is 434 g/mol. The van der Waals surface area contributed by atoms with Crippen molar-refractivity contribution in [2.75, 3.05) is 6.61 Å². The van der Waals surface area contributed by atoms with Crippen LogP contribution in [0.5, 0.6) is 0 Å². The van der Waals surface area contributed by atoms with Crippen LogP contribution < -0.4 is 0 Å². The number of carbonyl (C=O) groups excluding carboxylic acids is 2. The zero-order valence-corrected chi connectivity index (χ0v) is 17.3. The van der Waals surface area contributed by atoms with E-state index in [1.54, 1.807) is 25.1 Å². The lowest BCUT2D eigenvalue weighted by Crippen LogP contribution is -2.16. The third kappa shape index (κ3) is 4.32. The number of benzene rings is 3. The Morgan fingerprint density at radius 3 is 2.48 bits per heavy atom. The molecule has 4 aromatic rings. The van der Waals surface area contributed by atoms with E-state index < -0.39 is 24.2 Å². The fraction of sp³-hybridized carbons (Fsp3) is 0.0800. The van der Waals surface area contributed by atoms with E-state index in [0.717, 1.165) is 5.56 Å². The zero-order valence-electron chi connectivity index (χ0n) is 16.6. The minimum absolute atomic E-state index is 0.269. The van der Waals surface area contributed by atoms with Crippen LogP contribution in [0.25, 0.3) is 22.2 Å². The van der Waals surface area contributed by atoms with Crippen molar-refractivity contribution in [3.05, 3.63) is 100 Å². The van der Waals surface area contributed by atoms with Gasteiger partial charge in [-0.05, 0) is 55.0 Å². The Morgan fingerprint density at radius 2 is 1.74 bits per heavy atom. The summed E-state index contributed by atoms with van der Waals surface area (Å²) in [6, 6.07) is 19.5. The van der Waals surface area contributed by atoms with Gasteiger partial charge >= 0.3 is 5.97 Å². The molecule has 0 unspecified atom stereocenters. The molecule has 0 spiro atoms. The lowest BCUT2D eigenvalue weighted by atomic mass is 9.98. The molecule has 0 amide bonds. The van der Waals surface area contributed by atoms with Crippen molar-refractivity contribution in [2.45, 2.75) is 6.92 Å². The normalized spacial score (nSPS) is 10.8. The molecule has 0 aliphatic heterocycles. The number of ether oxygens (including phenoxy) is 1. The van der Waals surface area contributed by atoms with E-state index in [9.17, 15) is 14.0 Å². The van der Waals surface area contributed by atoms with Crippen molar-refractivity contribution >= 4 is 34.3 Å². The smallest absolute Gasteiger partial charge is 0.339 e. The third-order valence-corrected chi connectivity index (χ3v) is 5.17. The van der Waals surface area contributed by atoms with Crippen LogP contribution in [0.3, 0.4) is 0 Å². The summed E-state index contributed by atoms with van der Waals surface area (Å²) in [5, 5.41) is 1.19. The molecule has 0 aliphatic carbocycles. The standard InChI is InChI=1S/C25H17ClFNO3/c1-15-23(25(30)31-14-22(29)16-9-11-19(27)12-10-16)20-7-2-3-8-21(20)28-24(15)17-5-4-6-18(26)13-17/h2-13H,14H2,1H3. The van der Waals surface area contributed by atoms with Gasteiger partial charge in [-0.1, -0.05) is 41.9 Å². The zero-order chi connectivity index (χ0) is 22.0. The molecule has 0 saturated carbocycles. The van der Waals surface area contributed by atoms with Gasteiger partial charge in [-0.2, -0.15) is 0 Å². The van der Waals surface area contributed by atoms with Gasteiger partial charge in [-0.3, -0.25) is 4.79 Å². The van der Waals surface area contributed by atoms with Crippen LogP contribution in [0.1, 0.15) is 26.3 Å². The summed E-state index contributed by atoms with van der Waals surface area (Å²) in [4.78, 5) is 30.1. The molecule has 4 nitrogen and oxygen atoms in total. The van der Waals surface area contributed by atoms with Gasteiger partial charge < -0.3 is 4.74 Å². The fourth-order valence-corrected chi connectivity index (χ4v) is 3.60. The molecule has 0 N–H and O–H groups in total. The Labute approximate surface area is 183 Å². The van der Waals surface area contributed by atoms with E-state index in [1.165, 1.54) is 24.3 Å².